The highest BCUT2D eigenvalue weighted by Gasteiger charge is 2.26. The zero-order chi connectivity index (χ0) is 25.5. The second-order valence-corrected chi connectivity index (χ2v) is 9.90. The van der Waals surface area contributed by atoms with Gasteiger partial charge in [-0.3, -0.25) is 4.90 Å². The lowest BCUT2D eigenvalue weighted by molar-refractivity contribution is -0.0173. The maximum Gasteiger partial charge on any atom is 0.227 e. The molecule has 7 nitrogen and oxygen atoms in total. The van der Waals surface area contributed by atoms with Gasteiger partial charge in [-0.1, -0.05) is 35.9 Å². The van der Waals surface area contributed by atoms with E-state index in [4.69, 9.17) is 19.3 Å². The lowest BCUT2D eigenvalue weighted by Crippen LogP contribution is -2.39. The molecule has 0 aliphatic carbocycles. The summed E-state index contributed by atoms with van der Waals surface area (Å²) in [6.45, 7) is 10.9. The first-order valence-corrected chi connectivity index (χ1v) is 12.9. The van der Waals surface area contributed by atoms with Crippen molar-refractivity contribution >= 4 is 0 Å². The minimum atomic E-state index is -0.597. The molecule has 2 aromatic carbocycles. The smallest absolute Gasteiger partial charge is 0.227 e. The Kier molecular flexibility index (Phi) is 9.15. The summed E-state index contributed by atoms with van der Waals surface area (Å²) in [5.74, 6) is 1.45. The Bertz CT molecular complexity index is 1080. The Hall–Kier alpha value is -2.71. The molecule has 1 aliphatic heterocycles. The summed E-state index contributed by atoms with van der Waals surface area (Å²) >= 11 is 0. The first-order chi connectivity index (χ1) is 17.4. The summed E-state index contributed by atoms with van der Waals surface area (Å²) in [6.07, 6.45) is 1.75. The molecule has 2 heterocycles. The van der Waals surface area contributed by atoms with Crippen molar-refractivity contribution in [2.24, 2.45) is 0 Å². The van der Waals surface area contributed by atoms with Gasteiger partial charge in [0, 0.05) is 26.2 Å². The minimum absolute atomic E-state index is 0.0760. The average Bonchev–Trinajstić information content (AvgIpc) is 3.48. The van der Waals surface area contributed by atoms with Crippen LogP contribution < -0.4 is 4.74 Å². The molecule has 0 saturated carbocycles. The number of aryl methyl sites for hydroxylation is 2. The Morgan fingerprint density at radius 3 is 2.53 bits per heavy atom. The predicted molar refractivity (Wildman–Crippen MR) is 141 cm³/mol. The molecule has 1 fully saturated rings. The van der Waals surface area contributed by atoms with Gasteiger partial charge in [0.25, 0.3) is 0 Å². The van der Waals surface area contributed by atoms with E-state index < -0.39 is 6.10 Å². The van der Waals surface area contributed by atoms with Gasteiger partial charge < -0.3 is 19.3 Å². The summed E-state index contributed by atoms with van der Waals surface area (Å²) in [5.41, 5.74) is 4.00. The number of ether oxygens (including phenoxy) is 3. The largest absolute Gasteiger partial charge is 0.439 e. The molecule has 1 aliphatic rings. The van der Waals surface area contributed by atoms with Crippen LogP contribution >= 0.6 is 0 Å². The maximum absolute atomic E-state index is 10.7. The number of aliphatic hydroxyl groups excluding tert-OH is 1. The van der Waals surface area contributed by atoms with E-state index in [2.05, 4.69) is 11.8 Å². The van der Waals surface area contributed by atoms with Gasteiger partial charge in [0.1, 0.15) is 5.75 Å². The van der Waals surface area contributed by atoms with Crippen molar-refractivity contribution in [1.29, 1.82) is 0 Å². The normalized spacial score (nSPS) is 16.7. The van der Waals surface area contributed by atoms with Crippen molar-refractivity contribution in [1.82, 2.24) is 14.7 Å². The zero-order valence-corrected chi connectivity index (χ0v) is 21.9. The fourth-order valence-corrected chi connectivity index (χ4v) is 4.45. The van der Waals surface area contributed by atoms with Crippen molar-refractivity contribution in [3.05, 3.63) is 71.4 Å². The highest BCUT2D eigenvalue weighted by Crippen LogP contribution is 2.32. The van der Waals surface area contributed by atoms with Crippen molar-refractivity contribution in [3.63, 3.8) is 0 Å². The van der Waals surface area contributed by atoms with Crippen LogP contribution in [0.4, 0.5) is 0 Å². The third kappa shape index (κ3) is 7.17. The predicted octanol–water partition coefficient (Wildman–Crippen LogP) is 5.05. The highest BCUT2D eigenvalue weighted by molar-refractivity contribution is 5.43. The standard InChI is InChI=1S/C29H39N3O4/c1-21(2)35-20-25(33)17-31(18-27-11-8-16-34-27)19-28-23(4)30-32(24-9-6-5-7-10-24)29(28)36-26-14-12-22(3)13-15-26/h5-7,9-10,12-15,21,25,27,33H,8,11,16-20H2,1-4H3. The molecular formula is C29H39N3O4. The minimum Gasteiger partial charge on any atom is -0.439 e. The second kappa shape index (κ2) is 12.5. The van der Waals surface area contributed by atoms with Crippen molar-refractivity contribution in [3.8, 4) is 17.3 Å². The Morgan fingerprint density at radius 1 is 1.11 bits per heavy atom. The Labute approximate surface area is 214 Å². The zero-order valence-electron chi connectivity index (χ0n) is 21.9. The molecule has 0 radical (unpaired) electrons. The number of aliphatic hydroxyl groups is 1. The third-order valence-corrected chi connectivity index (χ3v) is 6.33. The summed E-state index contributed by atoms with van der Waals surface area (Å²) in [4.78, 5) is 2.24. The number of hydrogen-bond acceptors (Lipinski definition) is 6. The summed E-state index contributed by atoms with van der Waals surface area (Å²) in [6, 6.07) is 18.1. The van der Waals surface area contributed by atoms with Crippen LogP contribution in [0.15, 0.2) is 54.6 Å². The third-order valence-electron chi connectivity index (χ3n) is 6.33. The van der Waals surface area contributed by atoms with Crippen LogP contribution in [0.25, 0.3) is 5.69 Å². The van der Waals surface area contributed by atoms with E-state index in [9.17, 15) is 5.11 Å². The number of nitrogens with zero attached hydrogens (tertiary/aromatic N) is 3. The van der Waals surface area contributed by atoms with Crippen LogP contribution in [0.3, 0.4) is 0 Å². The molecule has 194 valence electrons. The van der Waals surface area contributed by atoms with Crippen molar-refractivity contribution in [2.45, 2.75) is 65.4 Å². The van der Waals surface area contributed by atoms with Gasteiger partial charge in [0.05, 0.1) is 41.9 Å². The van der Waals surface area contributed by atoms with Gasteiger partial charge in [0.2, 0.25) is 5.88 Å². The average molecular weight is 494 g/mol. The van der Waals surface area contributed by atoms with Crippen molar-refractivity contribution < 1.29 is 19.3 Å². The lowest BCUT2D eigenvalue weighted by atomic mass is 10.1. The number of benzene rings is 2. The maximum atomic E-state index is 10.7. The monoisotopic (exact) mass is 493 g/mol. The number of rotatable bonds is 12. The van der Waals surface area contributed by atoms with E-state index in [1.54, 1.807) is 0 Å². The molecule has 4 rings (SSSR count). The first kappa shape index (κ1) is 26.4. The van der Waals surface area contributed by atoms with Crippen LogP contribution in [-0.2, 0) is 16.0 Å². The van der Waals surface area contributed by atoms with E-state index in [-0.39, 0.29) is 12.2 Å². The molecule has 2 unspecified atom stereocenters. The van der Waals surface area contributed by atoms with E-state index in [0.717, 1.165) is 48.7 Å². The van der Waals surface area contributed by atoms with Crippen LogP contribution in [-0.4, -0.2) is 64.4 Å². The van der Waals surface area contributed by atoms with E-state index in [1.165, 1.54) is 5.56 Å². The van der Waals surface area contributed by atoms with E-state index >= 15 is 0 Å². The second-order valence-electron chi connectivity index (χ2n) is 9.90. The first-order valence-electron chi connectivity index (χ1n) is 12.9. The number of hydrogen-bond donors (Lipinski definition) is 1. The Morgan fingerprint density at radius 2 is 1.86 bits per heavy atom. The van der Waals surface area contributed by atoms with E-state index in [0.29, 0.717) is 25.6 Å². The molecule has 2 atom stereocenters. The van der Waals surface area contributed by atoms with Gasteiger partial charge in [0.15, 0.2) is 0 Å². The van der Waals surface area contributed by atoms with Gasteiger partial charge in [-0.15, -0.1) is 0 Å². The summed E-state index contributed by atoms with van der Waals surface area (Å²) < 4.78 is 20.0. The quantitative estimate of drug-likeness (QED) is 0.381. The molecule has 1 saturated heterocycles. The molecule has 36 heavy (non-hydrogen) atoms. The van der Waals surface area contributed by atoms with Gasteiger partial charge in [-0.05, 0) is 64.8 Å². The summed E-state index contributed by atoms with van der Waals surface area (Å²) in [5, 5.41) is 15.6. The lowest BCUT2D eigenvalue weighted by Gasteiger charge is -2.28. The molecule has 3 aromatic rings. The highest BCUT2D eigenvalue weighted by atomic mass is 16.5. The topological polar surface area (TPSA) is 69.0 Å². The molecule has 1 aromatic heterocycles. The molecular weight excluding hydrogens is 454 g/mol. The van der Waals surface area contributed by atoms with E-state index in [1.807, 2.05) is 80.1 Å². The molecule has 0 amide bonds. The fraction of sp³-hybridized carbons (Fsp3) is 0.483. The molecule has 0 bridgehead atoms. The Balaban J connectivity index is 1.64. The van der Waals surface area contributed by atoms with Crippen LogP contribution in [0.2, 0.25) is 0 Å². The molecule has 7 heteroatoms. The van der Waals surface area contributed by atoms with Crippen LogP contribution in [0, 0.1) is 13.8 Å². The summed E-state index contributed by atoms with van der Waals surface area (Å²) in [7, 11) is 0. The number of aromatic nitrogens is 2. The SMILES string of the molecule is Cc1ccc(Oc2c(CN(CC(O)COC(C)C)CC3CCCO3)c(C)nn2-c2ccccc2)cc1. The van der Waals surface area contributed by atoms with Crippen LogP contribution in [0.5, 0.6) is 11.6 Å². The van der Waals surface area contributed by atoms with Gasteiger partial charge in [-0.2, -0.15) is 5.10 Å². The molecule has 1 N–H and O–H groups in total. The van der Waals surface area contributed by atoms with Gasteiger partial charge in [-0.25, -0.2) is 4.68 Å². The van der Waals surface area contributed by atoms with Crippen LogP contribution in [0.1, 0.15) is 43.5 Å². The molecule has 0 spiro atoms. The van der Waals surface area contributed by atoms with Crippen molar-refractivity contribution in [2.75, 3.05) is 26.3 Å². The fourth-order valence-electron chi connectivity index (χ4n) is 4.45. The van der Waals surface area contributed by atoms with Gasteiger partial charge >= 0.3 is 0 Å². The number of para-hydroxylation sites is 1.